The molecule has 2 aromatic carbocycles. The summed E-state index contributed by atoms with van der Waals surface area (Å²) in [5.74, 6) is -1.11. The van der Waals surface area contributed by atoms with Gasteiger partial charge in [-0.3, -0.25) is 9.59 Å². The van der Waals surface area contributed by atoms with E-state index in [2.05, 4.69) is 9.47 Å². The number of benzene rings is 2. The molecule has 0 saturated carbocycles. The van der Waals surface area contributed by atoms with Crippen LogP contribution in [0.3, 0.4) is 0 Å². The van der Waals surface area contributed by atoms with Crippen molar-refractivity contribution in [3.63, 3.8) is 0 Å². The van der Waals surface area contributed by atoms with Gasteiger partial charge in [-0.15, -0.1) is 0 Å². The first-order chi connectivity index (χ1) is 15.7. The van der Waals surface area contributed by atoms with E-state index in [1.54, 1.807) is 48.5 Å². The highest BCUT2D eigenvalue weighted by molar-refractivity contribution is 6.20. The molecule has 0 aliphatic rings. The van der Waals surface area contributed by atoms with Crippen molar-refractivity contribution < 1.29 is 38.1 Å². The molecule has 0 aliphatic carbocycles. The molecule has 33 heavy (non-hydrogen) atoms. The summed E-state index contributed by atoms with van der Waals surface area (Å²) in [6.07, 6.45) is 2.89. The maximum absolute atomic E-state index is 11.7. The highest BCUT2D eigenvalue weighted by Gasteiger charge is 2.15. The molecule has 0 unspecified atom stereocenters. The van der Waals surface area contributed by atoms with Crippen LogP contribution in [0.2, 0.25) is 0 Å². The van der Waals surface area contributed by atoms with Gasteiger partial charge < -0.3 is 18.9 Å². The van der Waals surface area contributed by atoms with Gasteiger partial charge in [0.1, 0.15) is 22.6 Å². The first-order valence-corrected chi connectivity index (χ1v) is 9.82. The van der Waals surface area contributed by atoms with Gasteiger partial charge in [-0.2, -0.15) is 0 Å². The number of carbonyl (C=O) groups excluding carboxylic acids is 4. The first kappa shape index (κ1) is 25.1. The minimum atomic E-state index is -0.694. The van der Waals surface area contributed by atoms with Crippen LogP contribution in [0.15, 0.2) is 59.7 Å². The fourth-order valence-corrected chi connectivity index (χ4v) is 2.65. The fraction of sp³-hybridized carbons (Fsp3) is 0.200. The van der Waals surface area contributed by atoms with Crippen molar-refractivity contribution in [2.75, 3.05) is 21.0 Å². The summed E-state index contributed by atoms with van der Waals surface area (Å²) in [6.45, 7) is 2.52. The summed E-state index contributed by atoms with van der Waals surface area (Å²) in [7, 11) is 2.43. The van der Waals surface area contributed by atoms with Gasteiger partial charge in [0, 0.05) is 0 Å². The topological polar surface area (TPSA) is 105 Å². The monoisotopic (exact) mass is 452 g/mol. The Balaban J connectivity index is 1.96. The van der Waals surface area contributed by atoms with Gasteiger partial charge in [0.25, 0.3) is 0 Å². The molecule has 8 heteroatoms. The summed E-state index contributed by atoms with van der Waals surface area (Å²) in [5.41, 5.74) is 1.18. The molecular weight excluding hydrogens is 428 g/mol. The van der Waals surface area contributed by atoms with Crippen LogP contribution in [-0.4, -0.2) is 44.5 Å². The van der Waals surface area contributed by atoms with Gasteiger partial charge in [0.15, 0.2) is 11.6 Å². The third-order valence-electron chi connectivity index (χ3n) is 4.40. The number of esters is 2. The molecule has 0 aliphatic heterocycles. The smallest absolute Gasteiger partial charge is 0.341 e. The molecule has 0 saturated heterocycles. The average molecular weight is 452 g/mol. The van der Waals surface area contributed by atoms with Gasteiger partial charge >= 0.3 is 11.9 Å². The molecule has 0 amide bonds. The second kappa shape index (κ2) is 12.0. The van der Waals surface area contributed by atoms with Crippen molar-refractivity contribution in [3.05, 3.63) is 70.8 Å². The maximum Gasteiger partial charge on any atom is 0.341 e. The number of hydrogen-bond donors (Lipinski definition) is 0. The van der Waals surface area contributed by atoms with E-state index < -0.39 is 11.9 Å². The number of ketones is 2. The third kappa shape index (κ3) is 7.46. The summed E-state index contributed by atoms with van der Waals surface area (Å²) in [5, 5.41) is 0. The normalized spacial score (nSPS) is 11.4. The SMILES string of the molecule is COC(=O)/C(=C\c1ccc(OCOc2ccc(/C=C(/C(C)=O)C(=O)OC)cc2)cc1)C(C)=O. The molecule has 0 fully saturated rings. The van der Waals surface area contributed by atoms with Gasteiger partial charge in [0.05, 0.1) is 14.2 Å². The lowest BCUT2D eigenvalue weighted by Crippen LogP contribution is -2.11. The van der Waals surface area contributed by atoms with Crippen LogP contribution in [0.5, 0.6) is 11.5 Å². The second-order valence-electron chi connectivity index (χ2n) is 6.76. The molecule has 0 atom stereocenters. The van der Waals surface area contributed by atoms with Crippen molar-refractivity contribution in [1.82, 2.24) is 0 Å². The minimum Gasteiger partial charge on any atom is -0.465 e. The lowest BCUT2D eigenvalue weighted by Gasteiger charge is -2.09. The number of Topliss-reactive ketones (excluding diaryl/α,β-unsaturated/α-hetero) is 2. The van der Waals surface area contributed by atoms with Crippen LogP contribution in [0.4, 0.5) is 0 Å². The van der Waals surface area contributed by atoms with Gasteiger partial charge in [-0.1, -0.05) is 24.3 Å². The Kier molecular flexibility index (Phi) is 9.11. The number of methoxy groups -OCH3 is 2. The van der Waals surface area contributed by atoms with Crippen LogP contribution in [-0.2, 0) is 28.7 Å². The molecular formula is C25H24O8. The van der Waals surface area contributed by atoms with Crippen molar-refractivity contribution in [1.29, 1.82) is 0 Å². The molecule has 2 aromatic rings. The number of hydrogen-bond acceptors (Lipinski definition) is 8. The molecule has 0 bridgehead atoms. The van der Waals surface area contributed by atoms with Crippen LogP contribution in [0.1, 0.15) is 25.0 Å². The van der Waals surface area contributed by atoms with E-state index in [9.17, 15) is 19.2 Å². The van der Waals surface area contributed by atoms with Crippen molar-refractivity contribution in [3.8, 4) is 11.5 Å². The quantitative estimate of drug-likeness (QED) is 0.178. The summed E-state index contributed by atoms with van der Waals surface area (Å²) in [4.78, 5) is 46.5. The lowest BCUT2D eigenvalue weighted by molar-refractivity contribution is -0.138. The Labute approximate surface area is 191 Å². The van der Waals surface area contributed by atoms with Crippen LogP contribution in [0, 0.1) is 0 Å². The molecule has 0 radical (unpaired) electrons. The van der Waals surface area contributed by atoms with Crippen molar-refractivity contribution in [2.45, 2.75) is 13.8 Å². The zero-order valence-corrected chi connectivity index (χ0v) is 18.7. The predicted molar refractivity (Wildman–Crippen MR) is 120 cm³/mol. The first-order valence-electron chi connectivity index (χ1n) is 9.82. The fourth-order valence-electron chi connectivity index (χ4n) is 2.65. The highest BCUT2D eigenvalue weighted by Crippen LogP contribution is 2.18. The van der Waals surface area contributed by atoms with E-state index in [1.807, 2.05) is 0 Å². The van der Waals surface area contributed by atoms with Crippen molar-refractivity contribution >= 4 is 35.7 Å². The van der Waals surface area contributed by atoms with Crippen molar-refractivity contribution in [2.24, 2.45) is 0 Å². The molecule has 172 valence electrons. The molecule has 8 nitrogen and oxygen atoms in total. The minimum absolute atomic E-state index is 0.0465. The molecule has 0 N–H and O–H groups in total. The summed E-state index contributed by atoms with van der Waals surface area (Å²) >= 11 is 0. The molecule has 0 spiro atoms. The Bertz CT molecular complexity index is 989. The van der Waals surface area contributed by atoms with Gasteiger partial charge in [0.2, 0.25) is 6.79 Å². The second-order valence-corrected chi connectivity index (χ2v) is 6.76. The average Bonchev–Trinajstić information content (AvgIpc) is 2.81. The van der Waals surface area contributed by atoms with E-state index in [0.717, 1.165) is 0 Å². The zero-order valence-electron chi connectivity index (χ0n) is 18.7. The number of carbonyl (C=O) groups is 4. The van der Waals surface area contributed by atoms with E-state index in [0.29, 0.717) is 22.6 Å². The largest absolute Gasteiger partial charge is 0.465 e. The Morgan fingerprint density at radius 3 is 1.24 bits per heavy atom. The summed E-state index contributed by atoms with van der Waals surface area (Å²) < 4.78 is 20.3. The van der Waals surface area contributed by atoms with Crippen LogP contribution < -0.4 is 9.47 Å². The Morgan fingerprint density at radius 1 is 0.636 bits per heavy atom. The van der Waals surface area contributed by atoms with E-state index in [-0.39, 0.29) is 29.5 Å². The Hall–Kier alpha value is -4.20. The summed E-state index contributed by atoms with van der Waals surface area (Å²) in [6, 6.07) is 13.5. The van der Waals surface area contributed by atoms with E-state index >= 15 is 0 Å². The van der Waals surface area contributed by atoms with E-state index in [4.69, 9.17) is 9.47 Å². The van der Waals surface area contributed by atoms with E-state index in [1.165, 1.54) is 40.2 Å². The standard InChI is InChI=1S/C25H24O8/c1-16(26)22(24(28)30-3)13-18-5-9-20(10-6-18)32-15-33-21-11-7-19(8-12-21)14-23(17(2)27)25(29)31-4/h5-14H,15H2,1-4H3/b22-13-,23-14-. The predicted octanol–water partition coefficient (Wildman–Crippen LogP) is 3.39. The Morgan fingerprint density at radius 2 is 0.970 bits per heavy atom. The zero-order chi connectivity index (χ0) is 24.4. The van der Waals surface area contributed by atoms with Crippen LogP contribution in [0.25, 0.3) is 12.2 Å². The van der Waals surface area contributed by atoms with Gasteiger partial charge in [-0.25, -0.2) is 9.59 Å². The molecule has 0 aromatic heterocycles. The van der Waals surface area contributed by atoms with Crippen LogP contribution >= 0.6 is 0 Å². The maximum atomic E-state index is 11.7. The number of ether oxygens (including phenoxy) is 4. The molecule has 2 rings (SSSR count). The van der Waals surface area contributed by atoms with Gasteiger partial charge in [-0.05, 0) is 61.4 Å². The third-order valence-corrected chi connectivity index (χ3v) is 4.40. The highest BCUT2D eigenvalue weighted by atomic mass is 16.7. The number of rotatable bonds is 10. The lowest BCUT2D eigenvalue weighted by atomic mass is 10.1. The molecule has 0 heterocycles.